The number of anilines is 2. The molecule has 0 N–H and O–H groups in total. The molecule has 0 aromatic heterocycles. The number of carbonyl (C=O) groups is 1. The van der Waals surface area contributed by atoms with Gasteiger partial charge in [-0.25, -0.2) is 0 Å². The highest BCUT2D eigenvalue weighted by Crippen LogP contribution is 2.37. The van der Waals surface area contributed by atoms with E-state index in [4.69, 9.17) is 16.3 Å². The third kappa shape index (κ3) is 3.37. The van der Waals surface area contributed by atoms with Crippen LogP contribution in [0.3, 0.4) is 0 Å². The van der Waals surface area contributed by atoms with Crippen molar-refractivity contribution in [1.29, 1.82) is 0 Å². The van der Waals surface area contributed by atoms with Crippen LogP contribution in [0.4, 0.5) is 11.4 Å². The summed E-state index contributed by atoms with van der Waals surface area (Å²) < 4.78 is 5.03. The van der Waals surface area contributed by atoms with Crippen LogP contribution in [-0.2, 0) is 9.53 Å². The van der Waals surface area contributed by atoms with Gasteiger partial charge in [-0.1, -0.05) is 24.9 Å². The minimum absolute atomic E-state index is 0.198. The number of carbonyl (C=O) groups excluding carboxylic acids is 1. The van der Waals surface area contributed by atoms with Gasteiger partial charge in [-0.2, -0.15) is 0 Å². The van der Waals surface area contributed by atoms with Crippen LogP contribution >= 0.6 is 11.6 Å². The molecule has 1 aliphatic heterocycles. The van der Waals surface area contributed by atoms with Crippen LogP contribution < -0.4 is 9.80 Å². The lowest BCUT2D eigenvalue weighted by Gasteiger charge is -2.20. The van der Waals surface area contributed by atoms with Crippen molar-refractivity contribution < 1.29 is 9.53 Å². The molecule has 0 spiro atoms. The van der Waals surface area contributed by atoms with Crippen molar-refractivity contribution in [3.8, 4) is 0 Å². The Bertz CT molecular complexity index is 479. The van der Waals surface area contributed by atoms with Crippen molar-refractivity contribution in [2.24, 2.45) is 0 Å². The second-order valence-corrected chi connectivity index (χ2v) is 5.33. The van der Waals surface area contributed by atoms with Gasteiger partial charge in [-0.05, 0) is 31.5 Å². The largest absolute Gasteiger partial charge is 0.465 e. The molecule has 1 aromatic carbocycles. The number of halogens is 1. The Kier molecular flexibility index (Phi) is 5.12. The average Bonchev–Trinajstić information content (AvgIpc) is 2.74. The predicted molar refractivity (Wildman–Crippen MR) is 82.6 cm³/mol. The minimum atomic E-state index is -0.198. The topological polar surface area (TPSA) is 32.8 Å². The first-order chi connectivity index (χ1) is 9.65. The van der Waals surface area contributed by atoms with E-state index in [2.05, 4.69) is 11.8 Å². The van der Waals surface area contributed by atoms with Gasteiger partial charge >= 0.3 is 5.97 Å². The fourth-order valence-corrected chi connectivity index (χ4v) is 2.58. The maximum absolute atomic E-state index is 11.7. The zero-order chi connectivity index (χ0) is 14.5. The van der Waals surface area contributed by atoms with Crippen molar-refractivity contribution in [1.82, 2.24) is 0 Å². The monoisotopic (exact) mass is 296 g/mol. The fourth-order valence-electron chi connectivity index (χ4n) is 2.41. The summed E-state index contributed by atoms with van der Waals surface area (Å²) in [6.45, 7) is 6.38. The quantitative estimate of drug-likeness (QED) is 0.754. The number of unbranched alkanes of at least 4 members (excludes halogenated alkanes) is 1. The Morgan fingerprint density at radius 3 is 2.80 bits per heavy atom. The van der Waals surface area contributed by atoms with E-state index >= 15 is 0 Å². The zero-order valence-corrected chi connectivity index (χ0v) is 12.8. The van der Waals surface area contributed by atoms with Crippen LogP contribution in [0.1, 0.15) is 26.7 Å². The van der Waals surface area contributed by atoms with E-state index in [1.54, 1.807) is 0 Å². The summed E-state index contributed by atoms with van der Waals surface area (Å²) in [5.74, 6) is -0.198. The molecule has 1 aromatic rings. The second-order valence-electron chi connectivity index (χ2n) is 4.89. The standard InChI is InChI=1S/C15H21ClN2O2/c1-3-5-8-17-11-18(10-15(19)20-4-2)14-9-12(16)6-7-13(14)17/h6-7,9H,3-5,8,10-11H2,1-2H3. The Morgan fingerprint density at radius 1 is 1.30 bits per heavy atom. The van der Waals surface area contributed by atoms with Crippen LogP contribution in [0.2, 0.25) is 5.02 Å². The predicted octanol–water partition coefficient (Wildman–Crippen LogP) is 3.29. The first-order valence-electron chi connectivity index (χ1n) is 7.10. The Morgan fingerprint density at radius 2 is 2.10 bits per heavy atom. The lowest BCUT2D eigenvalue weighted by molar-refractivity contribution is -0.141. The molecule has 1 heterocycles. The highest BCUT2D eigenvalue weighted by atomic mass is 35.5. The number of nitrogens with zero attached hydrogens (tertiary/aromatic N) is 2. The van der Waals surface area contributed by atoms with Crippen molar-refractivity contribution in [2.45, 2.75) is 26.7 Å². The molecule has 0 fully saturated rings. The minimum Gasteiger partial charge on any atom is -0.465 e. The lowest BCUT2D eigenvalue weighted by Crippen LogP contribution is -2.35. The third-order valence-corrected chi connectivity index (χ3v) is 3.60. The van der Waals surface area contributed by atoms with Crippen LogP contribution in [0.25, 0.3) is 0 Å². The number of fused-ring (bicyclic) bond motifs is 1. The van der Waals surface area contributed by atoms with E-state index in [0.29, 0.717) is 18.3 Å². The number of hydrogen-bond acceptors (Lipinski definition) is 4. The molecule has 2 rings (SSSR count). The van der Waals surface area contributed by atoms with E-state index in [-0.39, 0.29) is 12.5 Å². The first kappa shape index (κ1) is 15.0. The molecule has 20 heavy (non-hydrogen) atoms. The van der Waals surface area contributed by atoms with Crippen LogP contribution in [-0.4, -0.2) is 32.3 Å². The van der Waals surface area contributed by atoms with Crippen LogP contribution in [0.15, 0.2) is 18.2 Å². The molecule has 0 saturated carbocycles. The van der Waals surface area contributed by atoms with Gasteiger partial charge in [0.15, 0.2) is 0 Å². The molecule has 0 unspecified atom stereocenters. The maximum Gasteiger partial charge on any atom is 0.325 e. The Balaban J connectivity index is 2.15. The molecule has 0 saturated heterocycles. The van der Waals surface area contributed by atoms with E-state index in [9.17, 15) is 4.79 Å². The van der Waals surface area contributed by atoms with Gasteiger partial charge in [0.2, 0.25) is 0 Å². The van der Waals surface area contributed by atoms with Crippen molar-refractivity contribution >= 4 is 28.9 Å². The molecule has 0 aliphatic carbocycles. The van der Waals surface area contributed by atoms with Gasteiger partial charge in [0.25, 0.3) is 0 Å². The molecule has 1 aliphatic rings. The first-order valence-corrected chi connectivity index (χ1v) is 7.48. The van der Waals surface area contributed by atoms with Crippen molar-refractivity contribution in [3.05, 3.63) is 23.2 Å². The summed E-state index contributed by atoms with van der Waals surface area (Å²) in [7, 11) is 0. The molecule has 0 bridgehead atoms. The molecule has 5 heteroatoms. The molecule has 0 atom stereocenters. The smallest absolute Gasteiger partial charge is 0.325 e. The van der Waals surface area contributed by atoms with Crippen molar-refractivity contribution in [3.63, 3.8) is 0 Å². The summed E-state index contributed by atoms with van der Waals surface area (Å²) in [5, 5.41) is 0.690. The zero-order valence-electron chi connectivity index (χ0n) is 12.1. The molecule has 110 valence electrons. The molecule has 0 radical (unpaired) electrons. The van der Waals surface area contributed by atoms with Gasteiger partial charge in [0, 0.05) is 11.6 Å². The average molecular weight is 297 g/mol. The molecular weight excluding hydrogens is 276 g/mol. The van der Waals surface area contributed by atoms with E-state index < -0.39 is 0 Å². The SMILES string of the molecule is CCCCN1CN(CC(=O)OCC)c2cc(Cl)ccc21. The summed E-state index contributed by atoms with van der Waals surface area (Å²) >= 11 is 6.08. The van der Waals surface area contributed by atoms with Gasteiger partial charge in [-0.15, -0.1) is 0 Å². The number of benzene rings is 1. The Labute approximate surface area is 125 Å². The summed E-state index contributed by atoms with van der Waals surface area (Å²) in [4.78, 5) is 16.0. The second kappa shape index (κ2) is 6.84. The number of hydrogen-bond donors (Lipinski definition) is 0. The lowest BCUT2D eigenvalue weighted by atomic mass is 10.2. The molecule has 0 amide bonds. The van der Waals surface area contributed by atoms with E-state index in [0.717, 1.165) is 30.8 Å². The fraction of sp³-hybridized carbons (Fsp3) is 0.533. The molecule has 4 nitrogen and oxygen atoms in total. The maximum atomic E-state index is 11.7. The number of rotatable bonds is 6. The van der Waals surface area contributed by atoms with E-state index in [1.165, 1.54) is 0 Å². The third-order valence-electron chi connectivity index (χ3n) is 3.37. The van der Waals surface area contributed by atoms with Gasteiger partial charge < -0.3 is 14.5 Å². The highest BCUT2D eigenvalue weighted by Gasteiger charge is 2.27. The number of ether oxygens (including phenoxy) is 1. The molecular formula is C15H21ClN2O2. The summed E-state index contributed by atoms with van der Waals surface area (Å²) in [6, 6.07) is 5.84. The number of esters is 1. The normalized spacial score (nSPS) is 13.6. The van der Waals surface area contributed by atoms with Crippen LogP contribution in [0.5, 0.6) is 0 Å². The highest BCUT2D eigenvalue weighted by molar-refractivity contribution is 6.31. The van der Waals surface area contributed by atoms with Gasteiger partial charge in [-0.3, -0.25) is 4.79 Å². The van der Waals surface area contributed by atoms with Crippen molar-refractivity contribution in [2.75, 3.05) is 36.2 Å². The Hall–Kier alpha value is -1.42. The van der Waals surface area contributed by atoms with Gasteiger partial charge in [0.05, 0.1) is 24.7 Å². The summed E-state index contributed by atoms with van der Waals surface area (Å²) in [6.07, 6.45) is 2.28. The van der Waals surface area contributed by atoms with E-state index in [1.807, 2.05) is 30.0 Å². The van der Waals surface area contributed by atoms with Crippen LogP contribution in [0, 0.1) is 0 Å². The summed E-state index contributed by atoms with van der Waals surface area (Å²) in [5.41, 5.74) is 2.16. The van der Waals surface area contributed by atoms with Gasteiger partial charge in [0.1, 0.15) is 6.54 Å².